The molecule has 2 unspecified atom stereocenters. The summed E-state index contributed by atoms with van der Waals surface area (Å²) in [7, 11) is 1.56. The average molecular weight is 159 g/mol. The quantitative estimate of drug-likeness (QED) is 0.356. The normalized spacial score (nSPS) is 18.9. The van der Waals surface area contributed by atoms with Gasteiger partial charge in [-0.2, -0.15) is 0 Å². The molecule has 0 aromatic heterocycles. The van der Waals surface area contributed by atoms with Gasteiger partial charge in [-0.05, 0) is 6.08 Å². The Hall–Kier alpha value is -0.380. The van der Waals surface area contributed by atoms with Gasteiger partial charge in [0.1, 0.15) is 0 Å². The van der Waals surface area contributed by atoms with Crippen LogP contribution in [0.25, 0.3) is 0 Å². The summed E-state index contributed by atoms with van der Waals surface area (Å²) in [5.74, 6) is 0. The van der Waals surface area contributed by atoms with Crippen LogP contribution in [0.2, 0.25) is 0 Å². The number of nitrogens with one attached hydrogen (secondary N) is 1. The van der Waals surface area contributed by atoms with E-state index in [1.165, 1.54) is 0 Å². The lowest BCUT2D eigenvalue weighted by Gasteiger charge is -2.38. The van der Waals surface area contributed by atoms with E-state index in [-0.39, 0.29) is 5.06 Å². The first-order valence-electron chi connectivity index (χ1n) is 3.80. The molecule has 0 heterocycles. The molecule has 0 saturated carbocycles. The molecule has 3 heteroatoms. The molecule has 66 valence electrons. The minimum atomic E-state index is -0.617. The maximum atomic E-state index is 11.3. The van der Waals surface area contributed by atoms with E-state index in [1.807, 2.05) is 6.92 Å². The summed E-state index contributed by atoms with van der Waals surface area (Å²) in [5.41, 5.74) is -0.617. The molecule has 0 aliphatic heterocycles. The molecule has 0 saturated heterocycles. The third kappa shape index (κ3) is 2.61. The van der Waals surface area contributed by atoms with Crippen molar-refractivity contribution in [3.63, 3.8) is 0 Å². The fourth-order valence-corrected chi connectivity index (χ4v) is 0.802. The fourth-order valence-electron chi connectivity index (χ4n) is 0.802. The van der Waals surface area contributed by atoms with Crippen LogP contribution >= 0.6 is 0 Å². The zero-order chi connectivity index (χ0) is 8.91. The van der Waals surface area contributed by atoms with Crippen LogP contribution < -0.4 is 5.06 Å². The van der Waals surface area contributed by atoms with Crippen molar-refractivity contribution < 1.29 is 9.80 Å². The van der Waals surface area contributed by atoms with Crippen molar-refractivity contribution >= 4 is 0 Å². The topological polar surface area (TPSA) is 36.7 Å². The van der Waals surface area contributed by atoms with Gasteiger partial charge < -0.3 is 15.0 Å². The molecule has 0 aromatic rings. The van der Waals surface area contributed by atoms with Gasteiger partial charge in [-0.15, -0.1) is 0 Å². The van der Waals surface area contributed by atoms with Crippen molar-refractivity contribution in [2.24, 2.45) is 0 Å². The lowest BCUT2D eigenvalue weighted by molar-refractivity contribution is -0.926. The van der Waals surface area contributed by atoms with Gasteiger partial charge in [0.05, 0.1) is 6.54 Å². The Bertz CT molecular complexity index is 121. The van der Waals surface area contributed by atoms with Crippen molar-refractivity contribution in [1.82, 2.24) is 0 Å². The highest BCUT2D eigenvalue weighted by molar-refractivity contribution is 4.66. The van der Waals surface area contributed by atoms with E-state index in [0.29, 0.717) is 13.0 Å². The number of hydrogen-bond donors (Lipinski definition) is 1. The van der Waals surface area contributed by atoms with Gasteiger partial charge in [0, 0.05) is 20.5 Å². The predicted molar refractivity (Wildman–Crippen MR) is 45.1 cm³/mol. The number of hydrogen-bond acceptors (Lipinski definition) is 2. The van der Waals surface area contributed by atoms with Crippen LogP contribution in [-0.2, 0) is 4.74 Å². The van der Waals surface area contributed by atoms with Crippen molar-refractivity contribution in [2.45, 2.75) is 26.0 Å². The third-order valence-corrected chi connectivity index (χ3v) is 2.04. The SMILES string of the molecule is C=CC[NH+]([O-])C(C)(CC)OC. The molecule has 0 bridgehead atoms. The maximum absolute atomic E-state index is 11.3. The highest BCUT2D eigenvalue weighted by Gasteiger charge is 2.27. The maximum Gasteiger partial charge on any atom is 0.198 e. The van der Waals surface area contributed by atoms with Gasteiger partial charge in [0.25, 0.3) is 0 Å². The number of hydroxylamine groups is 2. The Kier molecular flexibility index (Phi) is 4.33. The number of rotatable bonds is 5. The monoisotopic (exact) mass is 159 g/mol. The molecule has 0 spiro atoms. The molecule has 0 radical (unpaired) electrons. The van der Waals surface area contributed by atoms with E-state index in [1.54, 1.807) is 20.1 Å². The second kappa shape index (κ2) is 4.49. The first-order chi connectivity index (χ1) is 5.10. The van der Waals surface area contributed by atoms with Crippen LogP contribution in [0.3, 0.4) is 0 Å². The summed E-state index contributed by atoms with van der Waals surface area (Å²) in [6.07, 6.45) is 2.31. The van der Waals surface area contributed by atoms with Crippen LogP contribution in [0, 0.1) is 5.21 Å². The molecule has 0 rings (SSSR count). The smallest absolute Gasteiger partial charge is 0.198 e. The van der Waals surface area contributed by atoms with Crippen LogP contribution in [0.4, 0.5) is 0 Å². The van der Waals surface area contributed by atoms with E-state index in [4.69, 9.17) is 4.74 Å². The Labute approximate surface area is 68.2 Å². The van der Waals surface area contributed by atoms with Gasteiger partial charge in [-0.3, -0.25) is 0 Å². The molecule has 0 aliphatic rings. The Morgan fingerprint density at radius 2 is 2.27 bits per heavy atom. The first-order valence-corrected chi connectivity index (χ1v) is 3.80. The van der Waals surface area contributed by atoms with Crippen molar-refractivity contribution in [3.8, 4) is 0 Å². The molecular formula is C8H17NO2. The lowest BCUT2D eigenvalue weighted by Crippen LogP contribution is -3.15. The first kappa shape index (κ1) is 10.6. The standard InChI is InChI=1S/C8H17NO2/c1-5-7-9(10)8(3,6-2)11-4/h5,9H,1,6-7H2,2-4H3. The Balaban J connectivity index is 4.10. The van der Waals surface area contributed by atoms with E-state index >= 15 is 0 Å². The summed E-state index contributed by atoms with van der Waals surface area (Å²) in [5, 5.41) is 11.4. The van der Waals surface area contributed by atoms with E-state index in [2.05, 4.69) is 6.58 Å². The van der Waals surface area contributed by atoms with Crippen molar-refractivity contribution in [2.75, 3.05) is 13.7 Å². The summed E-state index contributed by atoms with van der Waals surface area (Å²) < 4.78 is 5.10. The van der Waals surface area contributed by atoms with Crippen LogP contribution in [-0.4, -0.2) is 19.4 Å². The molecule has 1 N–H and O–H groups in total. The molecule has 2 atom stereocenters. The fraction of sp³-hybridized carbons (Fsp3) is 0.750. The van der Waals surface area contributed by atoms with Crippen LogP contribution in [0.15, 0.2) is 12.7 Å². The molecule has 0 fully saturated rings. The van der Waals surface area contributed by atoms with Gasteiger partial charge in [0.2, 0.25) is 0 Å². The van der Waals surface area contributed by atoms with Crippen molar-refractivity contribution in [3.05, 3.63) is 17.9 Å². The summed E-state index contributed by atoms with van der Waals surface area (Å²) >= 11 is 0. The van der Waals surface area contributed by atoms with Gasteiger partial charge in [-0.1, -0.05) is 13.5 Å². The summed E-state index contributed by atoms with van der Waals surface area (Å²) in [4.78, 5) is 0. The minimum absolute atomic E-state index is 0.0949. The predicted octanol–water partition coefficient (Wildman–Crippen LogP) is 0.328. The second-order valence-electron chi connectivity index (χ2n) is 2.70. The van der Waals surface area contributed by atoms with Crippen LogP contribution in [0.1, 0.15) is 20.3 Å². The van der Waals surface area contributed by atoms with E-state index < -0.39 is 5.72 Å². The lowest BCUT2D eigenvalue weighted by atomic mass is 10.2. The van der Waals surface area contributed by atoms with Gasteiger partial charge in [0.15, 0.2) is 5.72 Å². The highest BCUT2D eigenvalue weighted by atomic mass is 16.6. The second-order valence-corrected chi connectivity index (χ2v) is 2.70. The highest BCUT2D eigenvalue weighted by Crippen LogP contribution is 2.03. The van der Waals surface area contributed by atoms with Crippen LogP contribution in [0.5, 0.6) is 0 Å². The zero-order valence-electron chi connectivity index (χ0n) is 7.52. The summed E-state index contributed by atoms with van der Waals surface area (Å²) in [6, 6.07) is 0. The zero-order valence-corrected chi connectivity index (χ0v) is 7.52. The minimum Gasteiger partial charge on any atom is -0.632 e. The molecule has 0 aromatic carbocycles. The van der Waals surface area contributed by atoms with E-state index in [9.17, 15) is 5.21 Å². The average Bonchev–Trinajstić information content (AvgIpc) is 2.03. The summed E-state index contributed by atoms with van der Waals surface area (Å²) in [6.45, 7) is 7.63. The van der Waals surface area contributed by atoms with Gasteiger partial charge in [-0.25, -0.2) is 0 Å². The van der Waals surface area contributed by atoms with E-state index in [0.717, 1.165) is 0 Å². The molecule has 3 nitrogen and oxygen atoms in total. The third-order valence-electron chi connectivity index (χ3n) is 2.04. The molecule has 0 amide bonds. The number of ether oxygens (including phenoxy) is 1. The Morgan fingerprint density at radius 3 is 2.55 bits per heavy atom. The number of quaternary nitrogens is 1. The molecular weight excluding hydrogens is 142 g/mol. The van der Waals surface area contributed by atoms with Gasteiger partial charge >= 0.3 is 0 Å². The molecule has 11 heavy (non-hydrogen) atoms. The van der Waals surface area contributed by atoms with Crippen molar-refractivity contribution in [1.29, 1.82) is 0 Å². The Morgan fingerprint density at radius 1 is 1.73 bits per heavy atom. The largest absolute Gasteiger partial charge is 0.632 e. The molecule has 0 aliphatic carbocycles. The number of methoxy groups -OCH3 is 1.